The summed E-state index contributed by atoms with van der Waals surface area (Å²) >= 11 is 0. The van der Waals surface area contributed by atoms with Crippen LogP contribution in [-0.4, -0.2) is 19.5 Å². The highest BCUT2D eigenvalue weighted by Crippen LogP contribution is 2.30. The first kappa shape index (κ1) is 14.0. The van der Waals surface area contributed by atoms with Crippen molar-refractivity contribution < 1.29 is 4.92 Å². The second-order valence-electron chi connectivity index (χ2n) is 5.32. The normalized spacial score (nSPS) is 11.0. The molecule has 0 aliphatic rings. The monoisotopic (exact) mass is 298 g/mol. The van der Waals surface area contributed by atoms with E-state index in [1.54, 1.807) is 13.0 Å². The topological polar surface area (TPSA) is 93.3 Å². The fraction of sp³-hybridized carbons (Fsp3) is 0.200. The maximum Gasteiger partial charge on any atom is 0.287 e. The second kappa shape index (κ2) is 4.80. The maximum atomic E-state index is 12.0. The number of nitrogens with one attached hydrogen (secondary N) is 1. The third kappa shape index (κ3) is 2.07. The van der Waals surface area contributed by atoms with Crippen LogP contribution in [-0.2, 0) is 0 Å². The van der Waals surface area contributed by atoms with Gasteiger partial charge in [-0.3, -0.25) is 20.0 Å². The molecule has 3 aromatic heterocycles. The Hall–Kier alpha value is -2.96. The van der Waals surface area contributed by atoms with Gasteiger partial charge in [0.25, 0.3) is 11.2 Å². The number of rotatable bonds is 2. The predicted molar refractivity (Wildman–Crippen MR) is 82.1 cm³/mol. The lowest BCUT2D eigenvalue weighted by molar-refractivity contribution is -0.385. The number of fused-ring (bicyclic) bond motifs is 1. The predicted octanol–water partition coefficient (Wildman–Crippen LogP) is 2.52. The fourth-order valence-corrected chi connectivity index (χ4v) is 2.64. The third-order valence-corrected chi connectivity index (χ3v) is 3.60. The standard InChI is InChI=1S/C15H14N4O3/c1-8-4-12-14(10(3)17-18(12)13(20)5-8)15-9(2)6-11(7-16-15)19(21)22/h4-7,17H,1-3H3. The van der Waals surface area contributed by atoms with Crippen molar-refractivity contribution in [1.82, 2.24) is 14.6 Å². The van der Waals surface area contributed by atoms with Crippen molar-refractivity contribution >= 4 is 11.2 Å². The van der Waals surface area contributed by atoms with Gasteiger partial charge in [-0.2, -0.15) is 0 Å². The number of aryl methyl sites for hydroxylation is 3. The number of H-pyrrole nitrogens is 1. The van der Waals surface area contributed by atoms with Gasteiger partial charge in [-0.1, -0.05) is 0 Å². The first-order valence-electron chi connectivity index (χ1n) is 6.72. The average Bonchev–Trinajstić information content (AvgIpc) is 2.75. The molecular formula is C15H14N4O3. The molecule has 0 amide bonds. The molecule has 7 nitrogen and oxygen atoms in total. The van der Waals surface area contributed by atoms with Crippen molar-refractivity contribution in [3.8, 4) is 11.3 Å². The van der Waals surface area contributed by atoms with Crippen molar-refractivity contribution in [1.29, 1.82) is 0 Å². The molecule has 0 saturated carbocycles. The molecule has 7 heteroatoms. The van der Waals surface area contributed by atoms with E-state index < -0.39 is 4.92 Å². The third-order valence-electron chi connectivity index (χ3n) is 3.60. The van der Waals surface area contributed by atoms with E-state index in [0.717, 1.165) is 16.8 Å². The number of hydrogen-bond acceptors (Lipinski definition) is 4. The summed E-state index contributed by atoms with van der Waals surface area (Å²) in [5.41, 5.74) is 4.26. The van der Waals surface area contributed by atoms with Gasteiger partial charge < -0.3 is 0 Å². The lowest BCUT2D eigenvalue weighted by Crippen LogP contribution is -2.12. The van der Waals surface area contributed by atoms with Gasteiger partial charge in [0.1, 0.15) is 6.20 Å². The summed E-state index contributed by atoms with van der Waals surface area (Å²) in [6, 6.07) is 4.92. The lowest BCUT2D eigenvalue weighted by Gasteiger charge is -2.05. The van der Waals surface area contributed by atoms with Crippen LogP contribution in [0.2, 0.25) is 0 Å². The molecule has 0 atom stereocenters. The van der Waals surface area contributed by atoms with Gasteiger partial charge in [-0.25, -0.2) is 9.50 Å². The number of hydrogen-bond donors (Lipinski definition) is 1. The zero-order valence-electron chi connectivity index (χ0n) is 12.4. The van der Waals surface area contributed by atoms with E-state index >= 15 is 0 Å². The maximum absolute atomic E-state index is 12.0. The van der Waals surface area contributed by atoms with Gasteiger partial charge in [0.05, 0.1) is 16.1 Å². The Morgan fingerprint density at radius 3 is 2.59 bits per heavy atom. The molecule has 0 bridgehead atoms. The van der Waals surface area contributed by atoms with E-state index in [-0.39, 0.29) is 11.2 Å². The molecule has 3 aromatic rings. The molecule has 0 aliphatic heterocycles. The van der Waals surface area contributed by atoms with Crippen LogP contribution in [0.5, 0.6) is 0 Å². The van der Waals surface area contributed by atoms with Gasteiger partial charge in [0, 0.05) is 23.4 Å². The number of nitrogens with zero attached hydrogens (tertiary/aromatic N) is 3. The van der Waals surface area contributed by atoms with Crippen LogP contribution in [0.3, 0.4) is 0 Å². The summed E-state index contributed by atoms with van der Waals surface area (Å²) in [6.45, 7) is 5.47. The molecule has 0 fully saturated rings. The van der Waals surface area contributed by atoms with E-state index in [0.29, 0.717) is 16.8 Å². The molecule has 1 N–H and O–H groups in total. The van der Waals surface area contributed by atoms with Gasteiger partial charge >= 0.3 is 0 Å². The van der Waals surface area contributed by atoms with Crippen molar-refractivity contribution in [3.63, 3.8) is 0 Å². The molecule has 112 valence electrons. The highest BCUT2D eigenvalue weighted by molar-refractivity contribution is 5.82. The summed E-state index contributed by atoms with van der Waals surface area (Å²) in [5, 5.41) is 13.8. The lowest BCUT2D eigenvalue weighted by atomic mass is 10.0. The number of nitro groups is 1. The smallest absolute Gasteiger partial charge is 0.287 e. The zero-order valence-corrected chi connectivity index (χ0v) is 12.4. The largest absolute Gasteiger partial charge is 0.295 e. The molecule has 0 saturated heterocycles. The van der Waals surface area contributed by atoms with Crippen LogP contribution < -0.4 is 5.56 Å². The SMILES string of the molecule is Cc1cc(=O)n2[nH]c(C)c(-c3ncc([N+](=O)[O-])cc3C)c2c1. The van der Waals surface area contributed by atoms with Crippen molar-refractivity contribution in [2.75, 3.05) is 0 Å². The first-order chi connectivity index (χ1) is 10.4. The van der Waals surface area contributed by atoms with E-state index in [2.05, 4.69) is 10.1 Å². The van der Waals surface area contributed by atoms with Crippen molar-refractivity contribution in [3.05, 3.63) is 61.7 Å². The Bertz CT molecular complexity index is 969. The molecule has 0 spiro atoms. The minimum absolute atomic E-state index is 0.0490. The molecule has 3 heterocycles. The quantitative estimate of drug-likeness (QED) is 0.581. The minimum atomic E-state index is -0.472. The van der Waals surface area contributed by atoms with Gasteiger partial charge in [0.2, 0.25) is 0 Å². The molecular weight excluding hydrogens is 284 g/mol. The summed E-state index contributed by atoms with van der Waals surface area (Å²) < 4.78 is 1.46. The molecule has 0 unspecified atom stereocenters. The van der Waals surface area contributed by atoms with E-state index in [4.69, 9.17) is 0 Å². The van der Waals surface area contributed by atoms with Crippen molar-refractivity contribution in [2.45, 2.75) is 20.8 Å². The van der Waals surface area contributed by atoms with Gasteiger partial charge in [-0.15, -0.1) is 0 Å². The minimum Gasteiger partial charge on any atom is -0.295 e. The van der Waals surface area contributed by atoms with Crippen LogP contribution in [0.25, 0.3) is 16.8 Å². The number of pyridine rings is 2. The first-order valence-corrected chi connectivity index (χ1v) is 6.72. The van der Waals surface area contributed by atoms with Crippen LogP contribution in [0.4, 0.5) is 5.69 Å². The van der Waals surface area contributed by atoms with Crippen molar-refractivity contribution in [2.24, 2.45) is 0 Å². The summed E-state index contributed by atoms with van der Waals surface area (Å²) in [5.74, 6) is 0. The molecule has 0 aliphatic carbocycles. The Kier molecular flexibility index (Phi) is 3.05. The van der Waals surface area contributed by atoms with E-state index in [9.17, 15) is 14.9 Å². The summed E-state index contributed by atoms with van der Waals surface area (Å²) in [4.78, 5) is 26.6. The Balaban J connectivity index is 2.33. The van der Waals surface area contributed by atoms with Crippen LogP contribution in [0.15, 0.2) is 29.2 Å². The average molecular weight is 298 g/mol. The number of aromatic nitrogens is 3. The Labute approximate surface area is 125 Å². The fourth-order valence-electron chi connectivity index (χ4n) is 2.64. The molecule has 3 rings (SSSR count). The van der Waals surface area contributed by atoms with E-state index in [1.807, 2.05) is 19.9 Å². The number of aromatic amines is 1. The van der Waals surface area contributed by atoms with Crippen LogP contribution in [0, 0.1) is 30.9 Å². The Morgan fingerprint density at radius 2 is 1.95 bits per heavy atom. The zero-order chi connectivity index (χ0) is 16.0. The second-order valence-corrected chi connectivity index (χ2v) is 5.32. The summed E-state index contributed by atoms with van der Waals surface area (Å²) in [6.07, 6.45) is 1.24. The molecule has 0 radical (unpaired) electrons. The molecule has 0 aromatic carbocycles. The molecule has 22 heavy (non-hydrogen) atoms. The highest BCUT2D eigenvalue weighted by Gasteiger charge is 2.17. The highest BCUT2D eigenvalue weighted by atomic mass is 16.6. The van der Waals surface area contributed by atoms with Crippen LogP contribution in [0.1, 0.15) is 16.8 Å². The van der Waals surface area contributed by atoms with Gasteiger partial charge in [0.15, 0.2) is 0 Å². The van der Waals surface area contributed by atoms with E-state index in [1.165, 1.54) is 16.8 Å². The Morgan fingerprint density at radius 1 is 1.23 bits per heavy atom. The summed E-state index contributed by atoms with van der Waals surface area (Å²) in [7, 11) is 0. The van der Waals surface area contributed by atoms with Gasteiger partial charge in [-0.05, 0) is 38.0 Å². The van der Waals surface area contributed by atoms with Crippen LogP contribution >= 0.6 is 0 Å².